The average molecular weight is 399 g/mol. The lowest BCUT2D eigenvalue weighted by molar-refractivity contribution is -0.138. The normalized spacial score (nSPS) is 12.1. The van der Waals surface area contributed by atoms with Crippen LogP contribution in [0.3, 0.4) is 0 Å². The summed E-state index contributed by atoms with van der Waals surface area (Å²) in [4.78, 5) is 16.2. The molecular formula is C18H11F6N3O. The number of carbonyl (C=O) groups excluding carboxylic acids is 1. The highest BCUT2D eigenvalue weighted by Gasteiger charge is 2.32. The van der Waals surface area contributed by atoms with Crippen LogP contribution in [0.2, 0.25) is 0 Å². The average Bonchev–Trinajstić information content (AvgIpc) is 3.14. The maximum atomic E-state index is 13.0. The van der Waals surface area contributed by atoms with E-state index in [1.807, 2.05) is 0 Å². The van der Waals surface area contributed by atoms with E-state index in [1.165, 1.54) is 23.3 Å². The molecule has 1 heterocycles. The molecule has 0 unspecified atom stereocenters. The summed E-state index contributed by atoms with van der Waals surface area (Å²) < 4.78 is 78.3. The van der Waals surface area contributed by atoms with Gasteiger partial charge in [0.05, 0.1) is 28.8 Å². The van der Waals surface area contributed by atoms with Crippen molar-refractivity contribution in [2.45, 2.75) is 12.4 Å². The lowest BCUT2D eigenvalue weighted by atomic mass is 10.1. The van der Waals surface area contributed by atoms with E-state index in [0.29, 0.717) is 0 Å². The maximum absolute atomic E-state index is 13.0. The highest BCUT2D eigenvalue weighted by molar-refractivity contribution is 6.05. The molecule has 2 aromatic carbocycles. The van der Waals surface area contributed by atoms with Crippen molar-refractivity contribution in [3.63, 3.8) is 0 Å². The van der Waals surface area contributed by atoms with Gasteiger partial charge in [0.25, 0.3) is 5.91 Å². The number of hydrogen-bond donors (Lipinski definition) is 1. The third-order valence-electron chi connectivity index (χ3n) is 3.83. The monoisotopic (exact) mass is 399 g/mol. The number of nitrogens with one attached hydrogen (secondary N) is 1. The van der Waals surface area contributed by atoms with Crippen molar-refractivity contribution in [1.82, 2.24) is 9.55 Å². The Morgan fingerprint density at radius 3 is 2.04 bits per heavy atom. The van der Waals surface area contributed by atoms with E-state index < -0.39 is 29.4 Å². The van der Waals surface area contributed by atoms with E-state index in [1.54, 1.807) is 0 Å². The van der Waals surface area contributed by atoms with Gasteiger partial charge in [0.1, 0.15) is 0 Å². The summed E-state index contributed by atoms with van der Waals surface area (Å²) in [5, 5.41) is 2.32. The van der Waals surface area contributed by atoms with Crippen LogP contribution >= 0.6 is 0 Å². The molecule has 0 saturated carbocycles. The van der Waals surface area contributed by atoms with E-state index in [9.17, 15) is 31.1 Å². The predicted molar refractivity (Wildman–Crippen MR) is 88.0 cm³/mol. The highest BCUT2D eigenvalue weighted by atomic mass is 19.4. The fourth-order valence-corrected chi connectivity index (χ4v) is 2.44. The van der Waals surface area contributed by atoms with Gasteiger partial charge < -0.3 is 9.88 Å². The minimum atomic E-state index is -4.64. The van der Waals surface area contributed by atoms with Crippen molar-refractivity contribution in [1.29, 1.82) is 0 Å². The standard InChI is InChI=1S/C18H11F6N3O/c19-17(20,21)12-3-1-11(2-4-12)16(28)26-14-9-13(18(22,23)24)5-6-15(14)27-8-7-25-10-27/h1-10H,(H,26,28). The summed E-state index contributed by atoms with van der Waals surface area (Å²) in [7, 11) is 0. The summed E-state index contributed by atoms with van der Waals surface area (Å²) in [6.45, 7) is 0. The van der Waals surface area contributed by atoms with Crippen LogP contribution in [-0.4, -0.2) is 15.5 Å². The van der Waals surface area contributed by atoms with Gasteiger partial charge in [-0.2, -0.15) is 26.3 Å². The molecule has 3 aromatic rings. The van der Waals surface area contributed by atoms with Crippen LogP contribution in [0.1, 0.15) is 21.5 Å². The van der Waals surface area contributed by atoms with Gasteiger partial charge in [-0.05, 0) is 42.5 Å². The third-order valence-corrected chi connectivity index (χ3v) is 3.83. The van der Waals surface area contributed by atoms with Gasteiger partial charge in [0.15, 0.2) is 0 Å². The van der Waals surface area contributed by atoms with Gasteiger partial charge >= 0.3 is 12.4 Å². The SMILES string of the molecule is O=C(Nc1cc(C(F)(F)F)ccc1-n1ccnc1)c1ccc(C(F)(F)F)cc1. The number of alkyl halides is 6. The number of imidazole rings is 1. The van der Waals surface area contributed by atoms with E-state index >= 15 is 0 Å². The van der Waals surface area contributed by atoms with Crippen molar-refractivity contribution in [2.24, 2.45) is 0 Å². The minimum absolute atomic E-state index is 0.137. The van der Waals surface area contributed by atoms with Crippen LogP contribution in [0.5, 0.6) is 0 Å². The van der Waals surface area contributed by atoms with Crippen LogP contribution in [-0.2, 0) is 12.4 Å². The van der Waals surface area contributed by atoms with Crippen LogP contribution in [0, 0.1) is 0 Å². The zero-order valence-corrected chi connectivity index (χ0v) is 13.8. The molecule has 1 aromatic heterocycles. The fourth-order valence-electron chi connectivity index (χ4n) is 2.44. The Morgan fingerprint density at radius 1 is 0.893 bits per heavy atom. The van der Waals surface area contributed by atoms with Crippen molar-refractivity contribution in [3.8, 4) is 5.69 Å². The molecule has 10 heteroatoms. The van der Waals surface area contributed by atoms with Crippen molar-refractivity contribution in [2.75, 3.05) is 5.32 Å². The highest BCUT2D eigenvalue weighted by Crippen LogP contribution is 2.34. The number of carbonyl (C=O) groups is 1. The molecule has 1 amide bonds. The minimum Gasteiger partial charge on any atom is -0.320 e. The number of benzene rings is 2. The lowest BCUT2D eigenvalue weighted by Gasteiger charge is -2.15. The molecule has 0 bridgehead atoms. The van der Waals surface area contributed by atoms with Gasteiger partial charge in [-0.3, -0.25) is 4.79 Å². The molecule has 146 valence electrons. The Bertz CT molecular complexity index is 976. The van der Waals surface area contributed by atoms with E-state index in [0.717, 1.165) is 42.5 Å². The number of halogens is 6. The number of aromatic nitrogens is 2. The molecular weight excluding hydrogens is 388 g/mol. The molecule has 28 heavy (non-hydrogen) atoms. The molecule has 0 atom stereocenters. The zero-order valence-electron chi connectivity index (χ0n) is 13.8. The van der Waals surface area contributed by atoms with E-state index in [4.69, 9.17) is 0 Å². The predicted octanol–water partition coefficient (Wildman–Crippen LogP) is 5.16. The van der Waals surface area contributed by atoms with Crippen LogP contribution in [0.15, 0.2) is 61.2 Å². The fraction of sp³-hybridized carbons (Fsp3) is 0.111. The molecule has 4 nitrogen and oxygen atoms in total. The molecule has 0 aliphatic heterocycles. The summed E-state index contributed by atoms with van der Waals surface area (Å²) >= 11 is 0. The van der Waals surface area contributed by atoms with Crippen LogP contribution in [0.25, 0.3) is 5.69 Å². The number of rotatable bonds is 3. The number of hydrogen-bond acceptors (Lipinski definition) is 2. The Morgan fingerprint density at radius 2 is 1.50 bits per heavy atom. The van der Waals surface area contributed by atoms with Crippen molar-refractivity contribution >= 4 is 11.6 Å². The molecule has 0 fully saturated rings. The zero-order chi connectivity index (χ0) is 20.5. The molecule has 0 radical (unpaired) electrons. The number of amides is 1. The number of anilines is 1. The summed E-state index contributed by atoms with van der Waals surface area (Å²) in [6, 6.07) is 6.09. The maximum Gasteiger partial charge on any atom is 0.416 e. The summed E-state index contributed by atoms with van der Waals surface area (Å²) in [5.41, 5.74) is -2.02. The summed E-state index contributed by atoms with van der Waals surface area (Å²) in [5.74, 6) is -0.852. The first-order valence-electron chi connectivity index (χ1n) is 7.74. The quantitative estimate of drug-likeness (QED) is 0.619. The Kier molecular flexibility index (Phi) is 4.88. The van der Waals surface area contributed by atoms with E-state index in [2.05, 4.69) is 10.3 Å². The lowest BCUT2D eigenvalue weighted by Crippen LogP contribution is -2.15. The second-order valence-electron chi connectivity index (χ2n) is 5.73. The first kappa shape index (κ1) is 19.5. The Labute approximate surface area is 154 Å². The molecule has 0 saturated heterocycles. The Balaban J connectivity index is 1.94. The molecule has 1 N–H and O–H groups in total. The number of nitrogens with zero attached hydrogens (tertiary/aromatic N) is 2. The van der Waals surface area contributed by atoms with Crippen LogP contribution in [0.4, 0.5) is 32.0 Å². The molecule has 0 aliphatic rings. The summed E-state index contributed by atoms with van der Waals surface area (Å²) in [6.07, 6.45) is -5.00. The molecule has 0 aliphatic carbocycles. The third kappa shape index (κ3) is 4.16. The van der Waals surface area contributed by atoms with Gasteiger partial charge in [-0.15, -0.1) is 0 Å². The van der Waals surface area contributed by atoms with Gasteiger partial charge in [0, 0.05) is 18.0 Å². The van der Waals surface area contributed by atoms with Crippen LogP contribution < -0.4 is 5.32 Å². The van der Waals surface area contributed by atoms with Crippen molar-refractivity contribution < 1.29 is 31.1 Å². The smallest absolute Gasteiger partial charge is 0.320 e. The first-order chi connectivity index (χ1) is 13.1. The Hall–Kier alpha value is -3.30. The van der Waals surface area contributed by atoms with Gasteiger partial charge in [0.2, 0.25) is 0 Å². The van der Waals surface area contributed by atoms with Gasteiger partial charge in [-0.1, -0.05) is 0 Å². The topological polar surface area (TPSA) is 46.9 Å². The molecule has 3 rings (SSSR count). The molecule has 0 spiro atoms. The first-order valence-corrected chi connectivity index (χ1v) is 7.74. The van der Waals surface area contributed by atoms with Gasteiger partial charge in [-0.25, -0.2) is 4.98 Å². The second kappa shape index (κ2) is 7.02. The second-order valence-corrected chi connectivity index (χ2v) is 5.73. The van der Waals surface area contributed by atoms with Crippen molar-refractivity contribution in [3.05, 3.63) is 77.9 Å². The van der Waals surface area contributed by atoms with E-state index in [-0.39, 0.29) is 16.9 Å². The largest absolute Gasteiger partial charge is 0.416 e.